The van der Waals surface area contributed by atoms with Gasteiger partial charge in [0.15, 0.2) is 9.84 Å². The van der Waals surface area contributed by atoms with Gasteiger partial charge >= 0.3 is 5.97 Å². The second-order valence-electron chi connectivity index (χ2n) is 3.80. The van der Waals surface area contributed by atoms with Crippen LogP contribution in [0.3, 0.4) is 0 Å². The zero-order valence-electron chi connectivity index (χ0n) is 9.71. The molecule has 8 heteroatoms. The Kier molecular flexibility index (Phi) is 5.21. The summed E-state index contributed by atoms with van der Waals surface area (Å²) in [6.45, 7) is 0. The summed E-state index contributed by atoms with van der Waals surface area (Å²) in [5.41, 5.74) is 0. The van der Waals surface area contributed by atoms with Gasteiger partial charge in [0.05, 0.1) is 24.4 Å². The van der Waals surface area contributed by atoms with Gasteiger partial charge in [-0.15, -0.1) is 0 Å². The average molecular weight is 297 g/mol. The van der Waals surface area contributed by atoms with E-state index in [-0.39, 0.29) is 29.3 Å². The van der Waals surface area contributed by atoms with Crippen LogP contribution in [0.4, 0.5) is 0 Å². The van der Waals surface area contributed by atoms with E-state index in [2.05, 4.69) is 4.74 Å². The molecule has 1 aliphatic heterocycles. The summed E-state index contributed by atoms with van der Waals surface area (Å²) < 4.78 is 27.7. The first-order valence-corrected chi connectivity index (χ1v) is 8.24. The minimum absolute atomic E-state index is 0.0716. The van der Waals surface area contributed by atoms with E-state index in [1.165, 1.54) is 18.9 Å². The molecule has 0 saturated carbocycles. The zero-order chi connectivity index (χ0) is 13.1. The average Bonchev–Trinajstić information content (AvgIpc) is 2.64. The SMILES string of the molecule is COC(=O)CSC(=S)N(C)C1CCS(=O)(=O)C1. The molecule has 0 aromatic carbocycles. The number of thioether (sulfide) groups is 1. The highest BCUT2D eigenvalue weighted by Crippen LogP contribution is 2.20. The summed E-state index contributed by atoms with van der Waals surface area (Å²) in [4.78, 5) is 12.7. The molecule has 0 aromatic heterocycles. The van der Waals surface area contributed by atoms with E-state index in [1.807, 2.05) is 0 Å². The molecule has 1 rings (SSSR count). The molecule has 17 heavy (non-hydrogen) atoms. The molecule has 0 aliphatic carbocycles. The van der Waals surface area contributed by atoms with Gasteiger partial charge in [-0.3, -0.25) is 4.79 Å². The fourth-order valence-corrected chi connectivity index (χ4v) is 4.32. The third-order valence-electron chi connectivity index (χ3n) is 2.59. The molecule has 1 unspecified atom stereocenters. The number of nitrogens with zero attached hydrogens (tertiary/aromatic N) is 1. The number of esters is 1. The normalized spacial score (nSPS) is 22.1. The molecule has 98 valence electrons. The molecule has 0 N–H and O–H groups in total. The van der Waals surface area contributed by atoms with E-state index in [0.717, 1.165) is 0 Å². The Hall–Kier alpha value is -0.340. The molecule has 1 saturated heterocycles. The van der Waals surface area contributed by atoms with E-state index < -0.39 is 9.84 Å². The lowest BCUT2D eigenvalue weighted by molar-refractivity contribution is -0.137. The number of sulfone groups is 1. The zero-order valence-corrected chi connectivity index (χ0v) is 12.2. The van der Waals surface area contributed by atoms with Crippen LogP contribution in [-0.2, 0) is 19.4 Å². The Morgan fingerprint density at radius 3 is 2.71 bits per heavy atom. The van der Waals surface area contributed by atoms with Crippen molar-refractivity contribution in [3.8, 4) is 0 Å². The number of rotatable bonds is 3. The van der Waals surface area contributed by atoms with Gasteiger partial charge in [-0.05, 0) is 6.42 Å². The second-order valence-corrected chi connectivity index (χ2v) is 7.64. The van der Waals surface area contributed by atoms with Crippen LogP contribution in [0, 0.1) is 0 Å². The first-order valence-electron chi connectivity index (χ1n) is 5.02. The second kappa shape index (κ2) is 6.01. The van der Waals surface area contributed by atoms with Crippen LogP contribution in [0.2, 0.25) is 0 Å². The van der Waals surface area contributed by atoms with Gasteiger partial charge in [-0.1, -0.05) is 24.0 Å². The maximum atomic E-state index is 11.3. The number of hydrogen-bond acceptors (Lipinski definition) is 6. The van der Waals surface area contributed by atoms with E-state index in [4.69, 9.17) is 12.2 Å². The first kappa shape index (κ1) is 14.7. The number of ether oxygens (including phenoxy) is 1. The number of carbonyl (C=O) groups excluding carboxylic acids is 1. The number of hydrogen-bond donors (Lipinski definition) is 0. The minimum Gasteiger partial charge on any atom is -0.468 e. The van der Waals surface area contributed by atoms with Crippen molar-refractivity contribution in [2.45, 2.75) is 12.5 Å². The number of carbonyl (C=O) groups is 1. The summed E-state index contributed by atoms with van der Waals surface area (Å²) in [6, 6.07) is -0.0716. The Bertz CT molecular complexity index is 406. The molecular weight excluding hydrogens is 282 g/mol. The largest absolute Gasteiger partial charge is 0.468 e. The van der Waals surface area contributed by atoms with Crippen molar-refractivity contribution in [2.75, 3.05) is 31.4 Å². The standard InChI is InChI=1S/C9H15NO4S3/c1-10(7-3-4-17(12,13)6-7)9(15)16-5-8(11)14-2/h7H,3-6H2,1-2H3. The van der Waals surface area contributed by atoms with E-state index >= 15 is 0 Å². The van der Waals surface area contributed by atoms with Crippen LogP contribution < -0.4 is 0 Å². The van der Waals surface area contributed by atoms with Crippen molar-refractivity contribution < 1.29 is 17.9 Å². The van der Waals surface area contributed by atoms with Gasteiger partial charge in [0.25, 0.3) is 0 Å². The van der Waals surface area contributed by atoms with E-state index in [1.54, 1.807) is 11.9 Å². The molecular formula is C9H15NO4S3. The maximum Gasteiger partial charge on any atom is 0.316 e. The van der Waals surface area contributed by atoms with Crippen molar-refractivity contribution in [3.05, 3.63) is 0 Å². The Labute approximate surface area is 111 Å². The van der Waals surface area contributed by atoms with Gasteiger partial charge in [0, 0.05) is 13.1 Å². The van der Waals surface area contributed by atoms with E-state index in [0.29, 0.717) is 10.7 Å². The van der Waals surface area contributed by atoms with Crippen LogP contribution in [-0.4, -0.2) is 61.1 Å². The fraction of sp³-hybridized carbons (Fsp3) is 0.778. The van der Waals surface area contributed by atoms with Crippen molar-refractivity contribution in [3.63, 3.8) is 0 Å². The highest BCUT2D eigenvalue weighted by molar-refractivity contribution is 8.23. The maximum absolute atomic E-state index is 11.3. The third kappa shape index (κ3) is 4.44. The molecule has 0 spiro atoms. The highest BCUT2D eigenvalue weighted by atomic mass is 32.2. The topological polar surface area (TPSA) is 63.7 Å². The Morgan fingerprint density at radius 1 is 1.59 bits per heavy atom. The minimum atomic E-state index is -2.91. The van der Waals surface area contributed by atoms with Gasteiger partial charge in [0.1, 0.15) is 4.32 Å². The molecule has 0 bridgehead atoms. The van der Waals surface area contributed by atoms with Crippen LogP contribution in [0.1, 0.15) is 6.42 Å². The van der Waals surface area contributed by atoms with Crippen molar-refractivity contribution >= 4 is 44.1 Å². The molecule has 1 fully saturated rings. The summed E-state index contributed by atoms with van der Waals surface area (Å²) >= 11 is 6.33. The van der Waals surface area contributed by atoms with Gasteiger partial charge in [-0.2, -0.15) is 0 Å². The number of methoxy groups -OCH3 is 1. The lowest BCUT2D eigenvalue weighted by Gasteiger charge is -2.25. The highest BCUT2D eigenvalue weighted by Gasteiger charge is 2.31. The van der Waals surface area contributed by atoms with Crippen molar-refractivity contribution in [1.29, 1.82) is 0 Å². The first-order chi connectivity index (χ1) is 7.85. The molecule has 0 amide bonds. The predicted octanol–water partition coefficient (Wildman–Crippen LogP) is 0.296. The Balaban J connectivity index is 2.45. The summed E-state index contributed by atoms with van der Waals surface area (Å²) in [6.07, 6.45) is 0.595. The fourth-order valence-electron chi connectivity index (χ4n) is 1.51. The monoisotopic (exact) mass is 297 g/mol. The molecule has 1 atom stereocenters. The molecule has 1 aliphatic rings. The predicted molar refractivity (Wildman–Crippen MR) is 71.9 cm³/mol. The molecule has 0 radical (unpaired) electrons. The summed E-state index contributed by atoms with van der Waals surface area (Å²) in [5, 5.41) is 0. The van der Waals surface area contributed by atoms with Crippen LogP contribution in [0.15, 0.2) is 0 Å². The van der Waals surface area contributed by atoms with Gasteiger partial charge < -0.3 is 9.64 Å². The summed E-state index contributed by atoms with van der Waals surface area (Å²) in [5.74, 6) is 0.165. The molecule has 1 heterocycles. The quantitative estimate of drug-likeness (QED) is 0.548. The van der Waals surface area contributed by atoms with E-state index in [9.17, 15) is 13.2 Å². The van der Waals surface area contributed by atoms with Crippen LogP contribution in [0.5, 0.6) is 0 Å². The number of thiocarbonyl (C=S) groups is 1. The molecule has 0 aromatic rings. The smallest absolute Gasteiger partial charge is 0.316 e. The lowest BCUT2D eigenvalue weighted by Crippen LogP contribution is -2.35. The third-order valence-corrected chi connectivity index (χ3v) is 5.89. The van der Waals surface area contributed by atoms with Crippen LogP contribution in [0.25, 0.3) is 0 Å². The summed E-state index contributed by atoms with van der Waals surface area (Å²) in [7, 11) is 0.169. The Morgan fingerprint density at radius 2 is 2.24 bits per heavy atom. The van der Waals surface area contributed by atoms with Gasteiger partial charge in [-0.25, -0.2) is 8.42 Å². The van der Waals surface area contributed by atoms with Crippen molar-refractivity contribution in [2.24, 2.45) is 0 Å². The van der Waals surface area contributed by atoms with Crippen molar-refractivity contribution in [1.82, 2.24) is 4.90 Å². The van der Waals surface area contributed by atoms with Gasteiger partial charge in [0.2, 0.25) is 0 Å². The molecule has 5 nitrogen and oxygen atoms in total. The van der Waals surface area contributed by atoms with Crippen LogP contribution >= 0.6 is 24.0 Å². The lowest BCUT2D eigenvalue weighted by atomic mass is 10.2.